The zero-order valence-corrected chi connectivity index (χ0v) is 10.7. The molecular weight excluding hydrogens is 208 g/mol. The first-order valence-electron chi connectivity index (χ1n) is 7.60. The summed E-state index contributed by atoms with van der Waals surface area (Å²) in [6.07, 6.45) is 11.2. The molecule has 1 N–H and O–H groups in total. The summed E-state index contributed by atoms with van der Waals surface area (Å²) in [6.45, 7) is 3.98. The van der Waals surface area contributed by atoms with Crippen LogP contribution in [0.25, 0.3) is 0 Å². The van der Waals surface area contributed by atoms with Crippen molar-refractivity contribution < 1.29 is 0 Å². The lowest BCUT2D eigenvalue weighted by Crippen LogP contribution is -2.58. The molecule has 0 radical (unpaired) electrons. The highest BCUT2D eigenvalue weighted by Crippen LogP contribution is 2.42. The molecule has 3 heterocycles. The van der Waals surface area contributed by atoms with Crippen LogP contribution >= 0.6 is 0 Å². The lowest BCUT2D eigenvalue weighted by Gasteiger charge is -2.52. The highest BCUT2D eigenvalue weighted by molar-refractivity contribution is 5.23. The molecule has 0 saturated carbocycles. The Bertz CT molecular complexity index is 336. The predicted molar refractivity (Wildman–Crippen MR) is 69.9 cm³/mol. The van der Waals surface area contributed by atoms with Crippen LogP contribution < -0.4 is 5.32 Å². The Morgan fingerprint density at radius 2 is 2.24 bits per heavy atom. The Labute approximate surface area is 104 Å². The summed E-state index contributed by atoms with van der Waals surface area (Å²) in [4.78, 5) is 2.81. The highest BCUT2D eigenvalue weighted by atomic mass is 15.2. The summed E-state index contributed by atoms with van der Waals surface area (Å²) in [5, 5.41) is 3.78. The Balaban J connectivity index is 1.64. The second-order valence-corrected chi connectivity index (χ2v) is 6.49. The van der Waals surface area contributed by atoms with Crippen LogP contribution in [-0.2, 0) is 0 Å². The largest absolute Gasteiger partial charge is 0.310 e. The molecule has 17 heavy (non-hydrogen) atoms. The van der Waals surface area contributed by atoms with Crippen molar-refractivity contribution in [1.29, 1.82) is 0 Å². The number of nitrogens with zero attached hydrogens (tertiary/aromatic N) is 1. The number of hydrogen-bond acceptors (Lipinski definition) is 2. The van der Waals surface area contributed by atoms with Crippen LogP contribution in [0.2, 0.25) is 0 Å². The van der Waals surface area contributed by atoms with Gasteiger partial charge in [0.1, 0.15) is 0 Å². The summed E-state index contributed by atoms with van der Waals surface area (Å²) in [5.41, 5.74) is 1.77. The van der Waals surface area contributed by atoms with E-state index in [0.717, 1.165) is 23.9 Å². The van der Waals surface area contributed by atoms with Crippen LogP contribution in [0.5, 0.6) is 0 Å². The number of rotatable bonds is 0. The summed E-state index contributed by atoms with van der Waals surface area (Å²) < 4.78 is 0. The molecule has 1 aliphatic carbocycles. The maximum absolute atomic E-state index is 3.78. The van der Waals surface area contributed by atoms with Crippen LogP contribution in [0.4, 0.5) is 0 Å². The standard InChI is InChI=1S/C15H24N2/c1-2-7-17-10-13-9-12(14(17)5-1)8-11-4-3-6-16-15(11)13/h8,12-16H,1-7,9-10H2/t12-,13-,14+,15-/m1/s1. The summed E-state index contributed by atoms with van der Waals surface area (Å²) >= 11 is 0. The van der Waals surface area contributed by atoms with E-state index in [9.17, 15) is 0 Å². The SMILES string of the molecule is C1=C2CCCN[C@H]2[C@@H]2C[C@@H]1[C@@H]1CCCCN1C2. The molecule has 0 aromatic rings. The van der Waals surface area contributed by atoms with Gasteiger partial charge in [-0.15, -0.1) is 0 Å². The van der Waals surface area contributed by atoms with Crippen LogP contribution in [0.1, 0.15) is 38.5 Å². The fourth-order valence-corrected chi connectivity index (χ4v) is 4.80. The van der Waals surface area contributed by atoms with Crippen molar-refractivity contribution in [2.24, 2.45) is 11.8 Å². The fraction of sp³-hybridized carbons (Fsp3) is 0.867. The lowest BCUT2D eigenvalue weighted by atomic mass is 9.68. The smallest absolute Gasteiger partial charge is 0.0320 e. The number of fused-ring (bicyclic) bond motifs is 6. The molecule has 0 unspecified atom stereocenters. The van der Waals surface area contributed by atoms with Gasteiger partial charge in [0.2, 0.25) is 0 Å². The summed E-state index contributed by atoms with van der Waals surface area (Å²) in [5.74, 6) is 1.80. The highest BCUT2D eigenvalue weighted by Gasteiger charge is 2.43. The Morgan fingerprint density at radius 1 is 1.24 bits per heavy atom. The van der Waals surface area contributed by atoms with Crippen molar-refractivity contribution in [2.45, 2.75) is 50.6 Å². The maximum Gasteiger partial charge on any atom is 0.0320 e. The van der Waals surface area contributed by atoms with Crippen LogP contribution in [-0.4, -0.2) is 36.6 Å². The van der Waals surface area contributed by atoms with Gasteiger partial charge >= 0.3 is 0 Å². The van der Waals surface area contributed by atoms with Crippen LogP contribution in [0, 0.1) is 11.8 Å². The molecule has 94 valence electrons. The van der Waals surface area contributed by atoms with Crippen molar-refractivity contribution in [2.75, 3.05) is 19.6 Å². The Kier molecular flexibility index (Phi) is 2.55. The predicted octanol–water partition coefficient (Wildman–Crippen LogP) is 2.17. The van der Waals surface area contributed by atoms with Gasteiger partial charge in [0.05, 0.1) is 0 Å². The molecule has 0 spiro atoms. The lowest BCUT2D eigenvalue weighted by molar-refractivity contribution is 0.0271. The van der Waals surface area contributed by atoms with E-state index < -0.39 is 0 Å². The third-order valence-electron chi connectivity index (χ3n) is 5.51. The van der Waals surface area contributed by atoms with E-state index in [2.05, 4.69) is 16.3 Å². The van der Waals surface area contributed by atoms with Gasteiger partial charge in [-0.2, -0.15) is 0 Å². The first-order chi connectivity index (χ1) is 8.42. The van der Waals surface area contributed by atoms with Gasteiger partial charge in [0.15, 0.2) is 0 Å². The molecule has 0 aromatic heterocycles. The molecule has 3 fully saturated rings. The van der Waals surface area contributed by atoms with Gasteiger partial charge in [-0.05, 0) is 57.0 Å². The monoisotopic (exact) mass is 232 g/mol. The molecule has 2 heteroatoms. The quantitative estimate of drug-likeness (QED) is 0.644. The van der Waals surface area contributed by atoms with Gasteiger partial charge < -0.3 is 5.32 Å². The molecule has 4 atom stereocenters. The minimum Gasteiger partial charge on any atom is -0.310 e. The summed E-state index contributed by atoms with van der Waals surface area (Å²) in [7, 11) is 0. The van der Waals surface area contributed by atoms with E-state index in [1.165, 1.54) is 58.2 Å². The molecule has 2 nitrogen and oxygen atoms in total. The molecule has 4 rings (SSSR count). The average molecular weight is 232 g/mol. The zero-order valence-electron chi connectivity index (χ0n) is 10.7. The molecular formula is C15H24N2. The first-order valence-corrected chi connectivity index (χ1v) is 7.60. The summed E-state index contributed by atoms with van der Waals surface area (Å²) in [6, 6.07) is 1.64. The van der Waals surface area contributed by atoms with Crippen molar-refractivity contribution in [3.8, 4) is 0 Å². The third-order valence-corrected chi connectivity index (χ3v) is 5.51. The van der Waals surface area contributed by atoms with E-state index in [1.807, 2.05) is 0 Å². The van der Waals surface area contributed by atoms with E-state index in [0.29, 0.717) is 0 Å². The number of piperidine rings is 3. The normalized spacial score (nSPS) is 45.8. The maximum atomic E-state index is 3.78. The molecule has 3 aliphatic heterocycles. The van der Waals surface area contributed by atoms with Gasteiger partial charge in [-0.3, -0.25) is 4.90 Å². The zero-order chi connectivity index (χ0) is 11.2. The molecule has 0 aromatic carbocycles. The van der Waals surface area contributed by atoms with E-state index in [4.69, 9.17) is 0 Å². The number of hydrogen-bond donors (Lipinski definition) is 1. The average Bonchev–Trinajstić information content (AvgIpc) is 2.39. The topological polar surface area (TPSA) is 15.3 Å². The van der Waals surface area contributed by atoms with Crippen molar-refractivity contribution in [3.63, 3.8) is 0 Å². The van der Waals surface area contributed by atoms with E-state index >= 15 is 0 Å². The van der Waals surface area contributed by atoms with Gasteiger partial charge in [-0.25, -0.2) is 0 Å². The van der Waals surface area contributed by atoms with E-state index in [1.54, 1.807) is 5.57 Å². The first kappa shape index (κ1) is 10.6. The Hall–Kier alpha value is -0.340. The molecule has 3 saturated heterocycles. The number of nitrogens with one attached hydrogen (secondary N) is 1. The van der Waals surface area contributed by atoms with E-state index in [-0.39, 0.29) is 0 Å². The van der Waals surface area contributed by atoms with Gasteiger partial charge in [0.25, 0.3) is 0 Å². The minimum absolute atomic E-state index is 0.739. The van der Waals surface area contributed by atoms with Crippen molar-refractivity contribution in [1.82, 2.24) is 10.2 Å². The third kappa shape index (κ3) is 1.68. The van der Waals surface area contributed by atoms with Crippen LogP contribution in [0.15, 0.2) is 11.6 Å². The Morgan fingerprint density at radius 3 is 3.24 bits per heavy atom. The minimum atomic E-state index is 0.739. The van der Waals surface area contributed by atoms with Gasteiger partial charge in [-0.1, -0.05) is 18.1 Å². The molecule has 4 aliphatic rings. The van der Waals surface area contributed by atoms with Crippen LogP contribution in [0.3, 0.4) is 0 Å². The fourth-order valence-electron chi connectivity index (χ4n) is 4.80. The second-order valence-electron chi connectivity index (χ2n) is 6.49. The molecule has 0 amide bonds. The van der Waals surface area contributed by atoms with Crippen molar-refractivity contribution >= 4 is 0 Å². The second kappa shape index (κ2) is 4.10. The molecule has 2 bridgehead atoms. The van der Waals surface area contributed by atoms with Crippen molar-refractivity contribution in [3.05, 3.63) is 11.6 Å². The van der Waals surface area contributed by atoms with Gasteiger partial charge in [0, 0.05) is 18.6 Å².